The molecule has 1 aromatic carbocycles. The Kier molecular flexibility index (Phi) is 6.42. The van der Waals surface area contributed by atoms with Crippen molar-refractivity contribution in [1.82, 2.24) is 10.2 Å². The summed E-state index contributed by atoms with van der Waals surface area (Å²) in [6.07, 6.45) is 2.97. The third-order valence-corrected chi connectivity index (χ3v) is 5.25. The summed E-state index contributed by atoms with van der Waals surface area (Å²) in [5.41, 5.74) is 1.07. The summed E-state index contributed by atoms with van der Waals surface area (Å²) in [7, 11) is 0. The van der Waals surface area contributed by atoms with Crippen molar-refractivity contribution in [3.8, 4) is 0 Å². The maximum Gasteiger partial charge on any atom is 0.225 e. The Morgan fingerprint density at radius 3 is 2.61 bits per heavy atom. The van der Waals surface area contributed by atoms with Gasteiger partial charge in [-0.25, -0.2) is 4.39 Å². The van der Waals surface area contributed by atoms with E-state index in [4.69, 9.17) is 0 Å². The zero-order valence-corrected chi connectivity index (χ0v) is 14.4. The van der Waals surface area contributed by atoms with E-state index in [0.717, 1.165) is 51.0 Å². The fourth-order valence-electron chi connectivity index (χ4n) is 3.51. The molecule has 5 heteroatoms. The molecule has 1 N–H and O–H groups in total. The van der Waals surface area contributed by atoms with E-state index in [9.17, 15) is 9.18 Å². The summed E-state index contributed by atoms with van der Waals surface area (Å²) in [4.78, 5) is 14.5. The highest BCUT2D eigenvalue weighted by molar-refractivity contribution is 5.85. The van der Waals surface area contributed by atoms with E-state index in [1.165, 1.54) is 6.07 Å². The predicted molar refractivity (Wildman–Crippen MR) is 92.2 cm³/mol. The van der Waals surface area contributed by atoms with E-state index in [-0.39, 0.29) is 24.1 Å². The molecule has 2 saturated heterocycles. The Hall–Kier alpha value is -1.13. The molecule has 128 valence electrons. The predicted octanol–water partition coefficient (Wildman–Crippen LogP) is 2.88. The highest BCUT2D eigenvalue weighted by atomic mass is 35.5. The summed E-state index contributed by atoms with van der Waals surface area (Å²) < 4.78 is 13.2. The molecule has 0 radical (unpaired) electrons. The number of halogens is 2. The topological polar surface area (TPSA) is 32.3 Å². The smallest absolute Gasteiger partial charge is 0.225 e. The van der Waals surface area contributed by atoms with Gasteiger partial charge in [0.25, 0.3) is 0 Å². The van der Waals surface area contributed by atoms with Crippen LogP contribution in [0.2, 0.25) is 0 Å². The van der Waals surface area contributed by atoms with Crippen LogP contribution in [0.25, 0.3) is 0 Å². The minimum absolute atomic E-state index is 0. The second kappa shape index (κ2) is 8.11. The van der Waals surface area contributed by atoms with Gasteiger partial charge >= 0.3 is 0 Å². The summed E-state index contributed by atoms with van der Waals surface area (Å²) in [5.74, 6) is 1.37. The van der Waals surface area contributed by atoms with Crippen molar-refractivity contribution in [1.29, 1.82) is 0 Å². The molecule has 1 unspecified atom stereocenters. The monoisotopic (exact) mass is 340 g/mol. The van der Waals surface area contributed by atoms with E-state index >= 15 is 0 Å². The van der Waals surface area contributed by atoms with Crippen LogP contribution in [0.3, 0.4) is 0 Å². The average molecular weight is 341 g/mol. The van der Waals surface area contributed by atoms with Crippen LogP contribution in [0.15, 0.2) is 24.3 Å². The Bertz CT molecular complexity index is 528. The number of amides is 1. The molecule has 3 rings (SSSR count). The Morgan fingerprint density at radius 2 is 2.04 bits per heavy atom. The minimum Gasteiger partial charge on any atom is -0.342 e. The summed E-state index contributed by atoms with van der Waals surface area (Å²) in [6.45, 7) is 5.71. The molecular weight excluding hydrogens is 315 g/mol. The van der Waals surface area contributed by atoms with Gasteiger partial charge in [0.1, 0.15) is 5.82 Å². The van der Waals surface area contributed by atoms with Crippen LogP contribution in [-0.4, -0.2) is 37.0 Å². The van der Waals surface area contributed by atoms with Gasteiger partial charge in [-0.3, -0.25) is 4.79 Å². The molecule has 2 fully saturated rings. The molecule has 0 saturated carbocycles. The van der Waals surface area contributed by atoms with Crippen LogP contribution in [0.5, 0.6) is 0 Å². The van der Waals surface area contributed by atoms with E-state index < -0.39 is 0 Å². The number of hydrogen-bond donors (Lipinski definition) is 1. The van der Waals surface area contributed by atoms with Crippen molar-refractivity contribution >= 4 is 18.3 Å². The molecule has 23 heavy (non-hydrogen) atoms. The van der Waals surface area contributed by atoms with Crippen LogP contribution in [0.4, 0.5) is 4.39 Å². The highest BCUT2D eigenvalue weighted by Crippen LogP contribution is 2.25. The van der Waals surface area contributed by atoms with Crippen LogP contribution in [0, 0.1) is 23.6 Å². The van der Waals surface area contributed by atoms with Gasteiger partial charge in [0, 0.05) is 19.0 Å². The standard InChI is InChI=1S/C18H25FN2O.ClH/c1-13(16-11-20-12-16)18(22)21-7-5-14(6-8-21)9-15-3-2-4-17(19)10-15;/h2-4,10,13-14,16,20H,5-9,11-12H2,1H3;1H. The van der Waals surface area contributed by atoms with Gasteiger partial charge in [0.2, 0.25) is 5.91 Å². The fourth-order valence-corrected chi connectivity index (χ4v) is 3.51. The van der Waals surface area contributed by atoms with Crippen molar-refractivity contribution in [3.05, 3.63) is 35.6 Å². The largest absolute Gasteiger partial charge is 0.342 e. The molecule has 1 aromatic rings. The Morgan fingerprint density at radius 1 is 1.35 bits per heavy atom. The number of nitrogens with zero attached hydrogens (tertiary/aromatic N) is 1. The molecule has 0 spiro atoms. The number of nitrogens with one attached hydrogen (secondary N) is 1. The molecule has 2 aliphatic heterocycles. The van der Waals surface area contributed by atoms with Crippen LogP contribution in [-0.2, 0) is 11.2 Å². The first-order chi connectivity index (χ1) is 10.6. The SMILES string of the molecule is CC(C(=O)N1CCC(Cc2cccc(F)c2)CC1)C1CNC1.Cl. The lowest BCUT2D eigenvalue weighted by Crippen LogP contribution is -2.51. The second-order valence-electron chi connectivity index (χ2n) is 6.81. The van der Waals surface area contributed by atoms with Gasteiger partial charge in [-0.05, 0) is 61.9 Å². The molecule has 1 amide bonds. The van der Waals surface area contributed by atoms with Crippen LogP contribution >= 0.6 is 12.4 Å². The average Bonchev–Trinajstić information content (AvgIpc) is 2.45. The van der Waals surface area contributed by atoms with E-state index in [1.54, 1.807) is 12.1 Å². The molecule has 0 aromatic heterocycles. The number of carbonyl (C=O) groups is 1. The maximum atomic E-state index is 13.2. The van der Waals surface area contributed by atoms with Crippen molar-refractivity contribution in [3.63, 3.8) is 0 Å². The van der Waals surface area contributed by atoms with Crippen LogP contribution < -0.4 is 5.32 Å². The van der Waals surface area contributed by atoms with Gasteiger partial charge < -0.3 is 10.2 Å². The first-order valence-corrected chi connectivity index (χ1v) is 8.37. The molecule has 3 nitrogen and oxygen atoms in total. The van der Waals surface area contributed by atoms with Crippen molar-refractivity contribution in [2.75, 3.05) is 26.2 Å². The van der Waals surface area contributed by atoms with Gasteiger partial charge in [-0.2, -0.15) is 0 Å². The first-order valence-electron chi connectivity index (χ1n) is 8.37. The zero-order chi connectivity index (χ0) is 15.5. The lowest BCUT2D eigenvalue weighted by molar-refractivity contribution is -0.138. The third kappa shape index (κ3) is 4.45. The fraction of sp³-hybridized carbons (Fsp3) is 0.611. The highest BCUT2D eigenvalue weighted by Gasteiger charge is 2.33. The van der Waals surface area contributed by atoms with E-state index in [0.29, 0.717) is 17.7 Å². The normalized spacial score (nSPS) is 20.5. The molecular formula is C18H26ClFN2O. The summed E-state index contributed by atoms with van der Waals surface area (Å²) >= 11 is 0. The first kappa shape index (κ1) is 18.2. The number of likely N-dealkylation sites (tertiary alicyclic amines) is 1. The van der Waals surface area contributed by atoms with Gasteiger partial charge in [-0.15, -0.1) is 12.4 Å². The van der Waals surface area contributed by atoms with Gasteiger partial charge in [0.05, 0.1) is 0 Å². The van der Waals surface area contributed by atoms with Crippen molar-refractivity contribution < 1.29 is 9.18 Å². The lowest BCUT2D eigenvalue weighted by atomic mass is 9.86. The van der Waals surface area contributed by atoms with Crippen molar-refractivity contribution in [2.24, 2.45) is 17.8 Å². The van der Waals surface area contributed by atoms with Gasteiger partial charge in [0.15, 0.2) is 0 Å². The quantitative estimate of drug-likeness (QED) is 0.914. The maximum absolute atomic E-state index is 13.2. The molecule has 0 bridgehead atoms. The number of hydrogen-bond acceptors (Lipinski definition) is 2. The lowest BCUT2D eigenvalue weighted by Gasteiger charge is -2.38. The number of carbonyl (C=O) groups excluding carboxylic acids is 1. The van der Waals surface area contributed by atoms with E-state index in [1.807, 2.05) is 11.0 Å². The minimum atomic E-state index is -0.159. The zero-order valence-electron chi connectivity index (χ0n) is 13.6. The molecule has 1 atom stereocenters. The molecule has 2 heterocycles. The van der Waals surface area contributed by atoms with Crippen molar-refractivity contribution in [2.45, 2.75) is 26.2 Å². The van der Waals surface area contributed by atoms with Crippen LogP contribution in [0.1, 0.15) is 25.3 Å². The number of rotatable bonds is 4. The number of piperidine rings is 1. The summed E-state index contributed by atoms with van der Waals surface area (Å²) in [5, 5.41) is 3.24. The third-order valence-electron chi connectivity index (χ3n) is 5.25. The molecule has 0 aliphatic carbocycles. The second-order valence-corrected chi connectivity index (χ2v) is 6.81. The Balaban J connectivity index is 0.00000192. The van der Waals surface area contributed by atoms with E-state index in [2.05, 4.69) is 12.2 Å². The number of benzene rings is 1. The Labute approximate surface area is 144 Å². The van der Waals surface area contributed by atoms with Gasteiger partial charge in [-0.1, -0.05) is 19.1 Å². The molecule has 2 aliphatic rings. The summed E-state index contributed by atoms with van der Waals surface area (Å²) in [6, 6.07) is 6.88.